The molecule has 0 aliphatic carbocycles. The van der Waals surface area contributed by atoms with Crippen LogP contribution in [0.4, 0.5) is 5.69 Å². The van der Waals surface area contributed by atoms with Crippen LogP contribution in [0.3, 0.4) is 0 Å². The molecule has 0 radical (unpaired) electrons. The number of methoxy groups -OCH3 is 1. The van der Waals surface area contributed by atoms with Gasteiger partial charge in [-0.1, -0.05) is 17.7 Å². The van der Waals surface area contributed by atoms with Crippen LogP contribution in [-0.4, -0.2) is 33.4 Å². The Morgan fingerprint density at radius 2 is 2.11 bits per heavy atom. The first-order valence-electron chi connectivity index (χ1n) is 6.45. The molecule has 1 aromatic carbocycles. The molecule has 0 atom stereocenters. The van der Waals surface area contributed by atoms with Crippen molar-refractivity contribution in [2.75, 3.05) is 32.1 Å². The summed E-state index contributed by atoms with van der Waals surface area (Å²) >= 11 is 6.37. The molecule has 0 spiro atoms. The van der Waals surface area contributed by atoms with Crippen molar-refractivity contribution >= 4 is 17.3 Å². The molecule has 0 amide bonds. The second-order valence-corrected chi connectivity index (χ2v) is 5.15. The van der Waals surface area contributed by atoms with Crippen molar-refractivity contribution in [3.63, 3.8) is 0 Å². The number of benzene rings is 1. The Hall–Kier alpha value is -0.770. The van der Waals surface area contributed by atoms with E-state index in [0.29, 0.717) is 6.10 Å². The zero-order valence-electron chi connectivity index (χ0n) is 11.1. The summed E-state index contributed by atoms with van der Waals surface area (Å²) in [4.78, 5) is 2.35. The number of rotatable bonds is 4. The predicted molar refractivity (Wildman–Crippen MR) is 76.5 cm³/mol. The zero-order valence-corrected chi connectivity index (χ0v) is 11.8. The van der Waals surface area contributed by atoms with Crippen LogP contribution in [0.5, 0.6) is 0 Å². The molecule has 0 aromatic heterocycles. The second-order valence-electron chi connectivity index (χ2n) is 4.74. The molecule has 0 unspecified atom stereocenters. The maximum Gasteiger partial charge on any atom is 0.0642 e. The van der Waals surface area contributed by atoms with E-state index in [1.807, 2.05) is 7.05 Å². The van der Waals surface area contributed by atoms with Crippen LogP contribution in [0.25, 0.3) is 0 Å². The Labute approximate surface area is 114 Å². The molecule has 1 aliphatic heterocycles. The summed E-state index contributed by atoms with van der Waals surface area (Å²) in [5.74, 6) is 0. The average molecular weight is 269 g/mol. The summed E-state index contributed by atoms with van der Waals surface area (Å²) in [5, 5.41) is 3.98. The molecule has 4 heteroatoms. The van der Waals surface area contributed by atoms with E-state index in [1.54, 1.807) is 7.11 Å². The highest BCUT2D eigenvalue weighted by Gasteiger charge is 2.20. The van der Waals surface area contributed by atoms with Gasteiger partial charge in [0, 0.05) is 26.7 Å². The van der Waals surface area contributed by atoms with Crippen LogP contribution in [0.15, 0.2) is 18.2 Å². The van der Waals surface area contributed by atoms with Crippen LogP contribution < -0.4 is 10.2 Å². The molecular formula is C14H21ClN2O. The van der Waals surface area contributed by atoms with Crippen molar-refractivity contribution < 1.29 is 4.74 Å². The first kappa shape index (κ1) is 13.7. The molecule has 1 heterocycles. The fourth-order valence-electron chi connectivity index (χ4n) is 2.45. The zero-order chi connectivity index (χ0) is 13.0. The summed E-state index contributed by atoms with van der Waals surface area (Å²) < 4.78 is 5.39. The van der Waals surface area contributed by atoms with Gasteiger partial charge in [0.2, 0.25) is 0 Å². The Balaban J connectivity index is 2.05. The van der Waals surface area contributed by atoms with E-state index in [2.05, 4.69) is 28.4 Å². The van der Waals surface area contributed by atoms with Crippen molar-refractivity contribution in [3.8, 4) is 0 Å². The first-order valence-corrected chi connectivity index (χ1v) is 6.83. The lowest BCUT2D eigenvalue weighted by atomic mass is 10.1. The molecule has 1 aromatic rings. The van der Waals surface area contributed by atoms with E-state index in [-0.39, 0.29) is 0 Å². The van der Waals surface area contributed by atoms with E-state index in [9.17, 15) is 0 Å². The van der Waals surface area contributed by atoms with Crippen molar-refractivity contribution in [1.29, 1.82) is 0 Å². The number of halogens is 1. The molecule has 1 N–H and O–H groups in total. The van der Waals surface area contributed by atoms with Crippen LogP contribution in [0, 0.1) is 0 Å². The average Bonchev–Trinajstić information content (AvgIpc) is 2.40. The molecule has 1 saturated heterocycles. The number of nitrogens with one attached hydrogen (secondary N) is 1. The quantitative estimate of drug-likeness (QED) is 0.909. The normalized spacial score (nSPS) is 17.2. The third kappa shape index (κ3) is 3.16. The van der Waals surface area contributed by atoms with Crippen molar-refractivity contribution in [2.45, 2.75) is 25.5 Å². The molecule has 1 aliphatic rings. The standard InChI is InChI=1S/C14H21ClN2O/c1-16-10-11-3-4-14(13(15)9-11)17-7-5-12(18-2)6-8-17/h3-4,9,12,16H,5-8,10H2,1-2H3. The largest absolute Gasteiger partial charge is 0.381 e. The van der Waals surface area contributed by atoms with Gasteiger partial charge in [0.25, 0.3) is 0 Å². The molecule has 18 heavy (non-hydrogen) atoms. The summed E-state index contributed by atoms with van der Waals surface area (Å²) in [6.45, 7) is 2.89. The summed E-state index contributed by atoms with van der Waals surface area (Å²) in [6.07, 6.45) is 2.56. The molecule has 0 saturated carbocycles. The van der Waals surface area contributed by atoms with E-state index in [1.165, 1.54) is 5.56 Å². The van der Waals surface area contributed by atoms with Crippen LogP contribution >= 0.6 is 11.6 Å². The van der Waals surface area contributed by atoms with Gasteiger partial charge < -0.3 is 15.0 Å². The van der Waals surface area contributed by atoms with Gasteiger partial charge >= 0.3 is 0 Å². The van der Waals surface area contributed by atoms with Crippen molar-refractivity contribution in [1.82, 2.24) is 5.32 Å². The van der Waals surface area contributed by atoms with Gasteiger partial charge in [0.15, 0.2) is 0 Å². The highest BCUT2D eigenvalue weighted by molar-refractivity contribution is 6.33. The summed E-state index contributed by atoms with van der Waals surface area (Å²) in [5.41, 5.74) is 2.36. The lowest BCUT2D eigenvalue weighted by Crippen LogP contribution is -2.36. The highest BCUT2D eigenvalue weighted by atomic mass is 35.5. The van der Waals surface area contributed by atoms with E-state index in [4.69, 9.17) is 16.3 Å². The van der Waals surface area contributed by atoms with Gasteiger partial charge in [-0.2, -0.15) is 0 Å². The smallest absolute Gasteiger partial charge is 0.0642 e. The first-order chi connectivity index (χ1) is 8.74. The maximum absolute atomic E-state index is 6.37. The van der Waals surface area contributed by atoms with Gasteiger partial charge in [-0.3, -0.25) is 0 Å². The maximum atomic E-state index is 6.37. The van der Waals surface area contributed by atoms with E-state index >= 15 is 0 Å². The Morgan fingerprint density at radius 1 is 1.39 bits per heavy atom. The number of nitrogens with zero attached hydrogens (tertiary/aromatic N) is 1. The molecule has 0 bridgehead atoms. The molecule has 100 valence electrons. The number of hydrogen-bond acceptors (Lipinski definition) is 3. The number of hydrogen-bond donors (Lipinski definition) is 1. The number of anilines is 1. The van der Waals surface area contributed by atoms with Crippen LogP contribution in [0.2, 0.25) is 5.02 Å². The van der Waals surface area contributed by atoms with Crippen molar-refractivity contribution in [3.05, 3.63) is 28.8 Å². The van der Waals surface area contributed by atoms with E-state index in [0.717, 1.165) is 43.2 Å². The van der Waals surface area contributed by atoms with Gasteiger partial charge in [0.1, 0.15) is 0 Å². The fraction of sp³-hybridized carbons (Fsp3) is 0.571. The van der Waals surface area contributed by atoms with Gasteiger partial charge in [-0.15, -0.1) is 0 Å². The third-order valence-corrected chi connectivity index (χ3v) is 3.81. The molecule has 3 nitrogen and oxygen atoms in total. The number of ether oxygens (including phenoxy) is 1. The third-order valence-electron chi connectivity index (χ3n) is 3.51. The number of piperidine rings is 1. The second kappa shape index (κ2) is 6.41. The Bertz CT molecular complexity index is 389. The minimum absolute atomic E-state index is 0.406. The van der Waals surface area contributed by atoms with Crippen molar-refractivity contribution in [2.24, 2.45) is 0 Å². The van der Waals surface area contributed by atoms with Gasteiger partial charge in [-0.25, -0.2) is 0 Å². The highest BCUT2D eigenvalue weighted by Crippen LogP contribution is 2.29. The summed E-state index contributed by atoms with van der Waals surface area (Å²) in [7, 11) is 3.73. The lowest BCUT2D eigenvalue weighted by Gasteiger charge is -2.33. The van der Waals surface area contributed by atoms with Crippen LogP contribution in [-0.2, 0) is 11.3 Å². The van der Waals surface area contributed by atoms with Crippen LogP contribution in [0.1, 0.15) is 18.4 Å². The SMILES string of the molecule is CNCc1ccc(N2CCC(OC)CC2)c(Cl)c1. The topological polar surface area (TPSA) is 24.5 Å². The summed E-state index contributed by atoms with van der Waals surface area (Å²) in [6, 6.07) is 6.32. The lowest BCUT2D eigenvalue weighted by molar-refractivity contribution is 0.0819. The Morgan fingerprint density at radius 3 is 2.67 bits per heavy atom. The van der Waals surface area contributed by atoms with E-state index < -0.39 is 0 Å². The monoisotopic (exact) mass is 268 g/mol. The van der Waals surface area contributed by atoms with Gasteiger partial charge in [0.05, 0.1) is 16.8 Å². The minimum Gasteiger partial charge on any atom is -0.381 e. The fourth-order valence-corrected chi connectivity index (χ4v) is 2.78. The Kier molecular flexibility index (Phi) is 4.87. The van der Waals surface area contributed by atoms with Gasteiger partial charge in [-0.05, 0) is 37.6 Å². The molecule has 1 fully saturated rings. The molecule has 2 rings (SSSR count). The predicted octanol–water partition coefficient (Wildman–Crippen LogP) is 2.67. The minimum atomic E-state index is 0.406. The molecular weight excluding hydrogens is 248 g/mol.